The number of hydrogen-bond acceptors (Lipinski definition) is 2. The van der Waals surface area contributed by atoms with Gasteiger partial charge in [-0.3, -0.25) is 0 Å². The molecule has 24 heavy (non-hydrogen) atoms. The van der Waals surface area contributed by atoms with Gasteiger partial charge in [-0.15, -0.1) is 11.3 Å². The molecule has 3 heterocycles. The number of rotatable bonds is 1. The first-order valence-electron chi connectivity index (χ1n) is 8.61. The van der Waals surface area contributed by atoms with Gasteiger partial charge in [0.1, 0.15) is 10.8 Å². The molecule has 1 unspecified atom stereocenters. The molecule has 2 aromatic heterocycles. The van der Waals surface area contributed by atoms with E-state index in [4.69, 9.17) is 0 Å². The third-order valence-corrected chi connectivity index (χ3v) is 6.55. The van der Waals surface area contributed by atoms with Gasteiger partial charge in [0.05, 0.1) is 6.04 Å². The molecule has 0 radical (unpaired) electrons. The minimum Gasteiger partial charge on any atom is -0.310 e. The van der Waals surface area contributed by atoms with Gasteiger partial charge in [0, 0.05) is 28.9 Å². The Morgan fingerprint density at radius 2 is 2.00 bits per heavy atom. The highest BCUT2D eigenvalue weighted by Gasteiger charge is 2.28. The molecule has 122 valence electrons. The zero-order valence-electron chi connectivity index (χ0n) is 13.4. The molecule has 5 rings (SSSR count). The predicted molar refractivity (Wildman–Crippen MR) is 95.4 cm³/mol. The molecule has 4 heteroatoms. The van der Waals surface area contributed by atoms with E-state index < -0.39 is 0 Å². The number of aromatic nitrogens is 1. The molecule has 1 aliphatic carbocycles. The van der Waals surface area contributed by atoms with Gasteiger partial charge in [0.25, 0.3) is 0 Å². The number of benzene rings is 1. The Hall–Kier alpha value is -1.91. The van der Waals surface area contributed by atoms with Gasteiger partial charge in [0.15, 0.2) is 0 Å². The van der Waals surface area contributed by atoms with Crippen LogP contribution in [0.25, 0.3) is 5.00 Å². The Bertz CT molecular complexity index is 908. The summed E-state index contributed by atoms with van der Waals surface area (Å²) in [5.74, 6) is -0.177. The normalized spacial score (nSPS) is 19.3. The van der Waals surface area contributed by atoms with Crippen LogP contribution in [-0.2, 0) is 19.4 Å². The summed E-state index contributed by atoms with van der Waals surface area (Å²) in [7, 11) is 0. The summed E-state index contributed by atoms with van der Waals surface area (Å²) in [5, 5.41) is 5.03. The topological polar surface area (TPSA) is 17.0 Å². The summed E-state index contributed by atoms with van der Waals surface area (Å²) in [6.07, 6.45) is 7.17. The van der Waals surface area contributed by atoms with Gasteiger partial charge in [-0.25, -0.2) is 4.39 Å². The van der Waals surface area contributed by atoms with E-state index in [0.717, 1.165) is 12.1 Å². The predicted octanol–water partition coefficient (Wildman–Crippen LogP) is 4.75. The Labute approximate surface area is 144 Å². The fourth-order valence-corrected chi connectivity index (χ4v) is 5.50. The van der Waals surface area contributed by atoms with Crippen LogP contribution in [0.4, 0.5) is 4.39 Å². The van der Waals surface area contributed by atoms with Crippen molar-refractivity contribution < 1.29 is 4.39 Å². The highest BCUT2D eigenvalue weighted by Crippen LogP contribution is 2.40. The van der Waals surface area contributed by atoms with Crippen LogP contribution in [0.15, 0.2) is 42.6 Å². The lowest BCUT2D eigenvalue weighted by molar-refractivity contribution is 0.582. The first-order valence-corrected chi connectivity index (χ1v) is 9.43. The van der Waals surface area contributed by atoms with Gasteiger partial charge in [-0.1, -0.05) is 12.1 Å². The van der Waals surface area contributed by atoms with Gasteiger partial charge < -0.3 is 9.88 Å². The second-order valence-corrected chi connectivity index (χ2v) is 7.75. The van der Waals surface area contributed by atoms with Crippen molar-refractivity contribution in [1.82, 2.24) is 9.88 Å². The van der Waals surface area contributed by atoms with Crippen LogP contribution in [0.5, 0.6) is 0 Å². The van der Waals surface area contributed by atoms with E-state index in [9.17, 15) is 4.39 Å². The Balaban J connectivity index is 1.65. The molecule has 0 fully saturated rings. The van der Waals surface area contributed by atoms with Crippen molar-refractivity contribution in [2.24, 2.45) is 0 Å². The molecule has 2 aliphatic rings. The van der Waals surface area contributed by atoms with Crippen molar-refractivity contribution in [3.05, 3.63) is 75.7 Å². The number of aryl methyl sites for hydroxylation is 1. The molecular formula is C20H19FN2S. The zero-order valence-corrected chi connectivity index (χ0v) is 14.2. The van der Waals surface area contributed by atoms with E-state index in [0.29, 0.717) is 0 Å². The molecule has 1 N–H and O–H groups in total. The van der Waals surface area contributed by atoms with Crippen LogP contribution >= 0.6 is 11.3 Å². The molecule has 0 saturated heterocycles. The van der Waals surface area contributed by atoms with Crippen molar-refractivity contribution >= 4 is 11.3 Å². The smallest absolute Gasteiger partial charge is 0.123 e. The minimum atomic E-state index is -0.177. The first-order chi connectivity index (χ1) is 11.8. The fourth-order valence-electron chi connectivity index (χ4n) is 4.09. The van der Waals surface area contributed by atoms with Crippen LogP contribution in [0.3, 0.4) is 0 Å². The maximum absolute atomic E-state index is 13.7. The molecule has 0 bridgehead atoms. The lowest BCUT2D eigenvalue weighted by Crippen LogP contribution is -2.22. The summed E-state index contributed by atoms with van der Waals surface area (Å²) in [6, 6.07) is 11.2. The standard InChI is InChI=1S/C20H19FN2S/c21-14-6-3-5-13(11-14)19-17-8-4-10-23(17)20-16(12-22-19)15-7-1-2-9-18(15)24-20/h3-6,8,10-11,19,22H,1-2,7,9,12H2. The highest BCUT2D eigenvalue weighted by molar-refractivity contribution is 7.15. The molecular weight excluding hydrogens is 319 g/mol. The van der Waals surface area contributed by atoms with E-state index in [-0.39, 0.29) is 11.9 Å². The summed E-state index contributed by atoms with van der Waals surface area (Å²) >= 11 is 1.95. The van der Waals surface area contributed by atoms with Crippen LogP contribution in [0.2, 0.25) is 0 Å². The molecule has 3 aromatic rings. The molecule has 0 saturated carbocycles. The van der Waals surface area contributed by atoms with E-state index in [2.05, 4.69) is 28.2 Å². The quantitative estimate of drug-likeness (QED) is 0.677. The number of thiophene rings is 1. The second-order valence-electron chi connectivity index (χ2n) is 6.67. The van der Waals surface area contributed by atoms with E-state index in [1.807, 2.05) is 17.4 Å². The van der Waals surface area contributed by atoms with E-state index in [1.165, 1.54) is 48.0 Å². The van der Waals surface area contributed by atoms with Crippen LogP contribution in [0, 0.1) is 5.82 Å². The molecule has 1 aromatic carbocycles. The maximum Gasteiger partial charge on any atom is 0.123 e. The lowest BCUT2D eigenvalue weighted by atomic mass is 9.95. The minimum absolute atomic E-state index is 0.0227. The molecule has 2 nitrogen and oxygen atoms in total. The van der Waals surface area contributed by atoms with Crippen LogP contribution in [0.1, 0.15) is 46.1 Å². The molecule has 1 atom stereocenters. The van der Waals surface area contributed by atoms with Crippen LogP contribution in [-0.4, -0.2) is 4.57 Å². The average molecular weight is 338 g/mol. The summed E-state index contributed by atoms with van der Waals surface area (Å²) < 4.78 is 16.0. The van der Waals surface area contributed by atoms with Gasteiger partial charge in [-0.05, 0) is 61.1 Å². The third kappa shape index (κ3) is 2.17. The van der Waals surface area contributed by atoms with Crippen LogP contribution < -0.4 is 5.32 Å². The SMILES string of the molecule is Fc1cccc(C2NCc3c(sc4c3CCCC4)-n3cccc32)c1. The van der Waals surface area contributed by atoms with Crippen molar-refractivity contribution in [2.45, 2.75) is 38.3 Å². The number of nitrogens with one attached hydrogen (secondary N) is 1. The Morgan fingerprint density at radius 1 is 1.08 bits per heavy atom. The van der Waals surface area contributed by atoms with Gasteiger partial charge >= 0.3 is 0 Å². The number of nitrogens with zero attached hydrogens (tertiary/aromatic N) is 1. The van der Waals surface area contributed by atoms with Gasteiger partial charge in [0.2, 0.25) is 0 Å². The van der Waals surface area contributed by atoms with Crippen molar-refractivity contribution in [1.29, 1.82) is 0 Å². The summed E-state index contributed by atoms with van der Waals surface area (Å²) in [6.45, 7) is 0.851. The summed E-state index contributed by atoms with van der Waals surface area (Å²) in [4.78, 5) is 1.57. The largest absolute Gasteiger partial charge is 0.310 e. The Morgan fingerprint density at radius 3 is 2.92 bits per heavy atom. The third-order valence-electron chi connectivity index (χ3n) is 5.22. The number of fused-ring (bicyclic) bond motifs is 5. The zero-order chi connectivity index (χ0) is 16.1. The van der Waals surface area contributed by atoms with Crippen molar-refractivity contribution in [3.8, 4) is 5.00 Å². The second kappa shape index (κ2) is 5.57. The number of hydrogen-bond donors (Lipinski definition) is 1. The summed E-state index contributed by atoms with van der Waals surface area (Å²) in [5.41, 5.74) is 5.19. The van der Waals surface area contributed by atoms with Crippen molar-refractivity contribution in [3.63, 3.8) is 0 Å². The van der Waals surface area contributed by atoms with Gasteiger partial charge in [-0.2, -0.15) is 0 Å². The number of halogens is 1. The van der Waals surface area contributed by atoms with Crippen molar-refractivity contribution in [2.75, 3.05) is 0 Å². The molecule has 1 aliphatic heterocycles. The fraction of sp³-hybridized carbons (Fsp3) is 0.300. The molecule has 0 spiro atoms. The first kappa shape index (κ1) is 14.4. The maximum atomic E-state index is 13.7. The lowest BCUT2D eigenvalue weighted by Gasteiger charge is -2.19. The highest BCUT2D eigenvalue weighted by atomic mass is 32.1. The van der Waals surface area contributed by atoms with E-state index in [1.54, 1.807) is 22.6 Å². The van der Waals surface area contributed by atoms with E-state index >= 15 is 0 Å². The molecule has 0 amide bonds. The Kier molecular flexibility index (Phi) is 3.35. The monoisotopic (exact) mass is 338 g/mol. The average Bonchev–Trinajstić information content (AvgIpc) is 3.17.